The predicted octanol–water partition coefficient (Wildman–Crippen LogP) is 2.88. The number of likely N-dealkylation sites (tertiary alicyclic amines) is 1. The van der Waals surface area contributed by atoms with Crippen molar-refractivity contribution in [2.75, 3.05) is 18.4 Å². The molecule has 24 heavy (non-hydrogen) atoms. The number of rotatable bonds is 3. The van der Waals surface area contributed by atoms with Crippen molar-refractivity contribution in [1.82, 2.24) is 4.90 Å². The van der Waals surface area contributed by atoms with Gasteiger partial charge < -0.3 is 15.3 Å². The van der Waals surface area contributed by atoms with E-state index in [1.807, 2.05) is 30.3 Å². The van der Waals surface area contributed by atoms with Crippen LogP contribution in [-0.2, 0) is 4.79 Å². The van der Waals surface area contributed by atoms with E-state index in [0.717, 1.165) is 18.5 Å². The smallest absolute Gasteiger partial charge is 0.257 e. The Morgan fingerprint density at radius 3 is 2.50 bits per heavy atom. The van der Waals surface area contributed by atoms with Gasteiger partial charge in [0.15, 0.2) is 0 Å². The fraction of sp³-hybridized carbons (Fsp3) is 0.263. The van der Waals surface area contributed by atoms with Crippen LogP contribution in [0.1, 0.15) is 23.2 Å². The van der Waals surface area contributed by atoms with E-state index in [1.165, 1.54) is 6.07 Å². The van der Waals surface area contributed by atoms with Gasteiger partial charge in [0.1, 0.15) is 5.75 Å². The van der Waals surface area contributed by atoms with Gasteiger partial charge in [-0.2, -0.15) is 0 Å². The van der Waals surface area contributed by atoms with Crippen molar-refractivity contribution in [2.24, 2.45) is 5.92 Å². The molecule has 2 N–H and O–H groups in total. The molecule has 1 aliphatic rings. The third kappa shape index (κ3) is 3.56. The minimum absolute atomic E-state index is 0.0293. The summed E-state index contributed by atoms with van der Waals surface area (Å²) in [5.41, 5.74) is 1.04. The van der Waals surface area contributed by atoms with Gasteiger partial charge in [0.05, 0.1) is 11.5 Å². The van der Waals surface area contributed by atoms with E-state index in [9.17, 15) is 14.7 Å². The van der Waals surface area contributed by atoms with Crippen molar-refractivity contribution in [3.05, 3.63) is 60.2 Å². The SMILES string of the molecule is O=C(Nc1ccccc1)C1CCCN(C(=O)c2ccccc2O)C1. The summed E-state index contributed by atoms with van der Waals surface area (Å²) < 4.78 is 0. The van der Waals surface area contributed by atoms with E-state index in [4.69, 9.17) is 0 Å². The first-order valence-electron chi connectivity index (χ1n) is 8.08. The summed E-state index contributed by atoms with van der Waals surface area (Å²) in [6, 6.07) is 15.8. The lowest BCUT2D eigenvalue weighted by atomic mass is 9.96. The van der Waals surface area contributed by atoms with Crippen LogP contribution in [0.2, 0.25) is 0 Å². The number of amides is 2. The zero-order chi connectivity index (χ0) is 16.9. The molecule has 124 valence electrons. The van der Waals surface area contributed by atoms with Crippen LogP contribution < -0.4 is 5.32 Å². The van der Waals surface area contributed by atoms with E-state index in [1.54, 1.807) is 23.1 Å². The standard InChI is InChI=1S/C19H20N2O3/c22-17-11-5-4-10-16(17)19(24)21-12-6-7-14(13-21)18(23)20-15-8-2-1-3-9-15/h1-5,8-11,14,22H,6-7,12-13H2,(H,20,23). The van der Waals surface area contributed by atoms with Gasteiger partial charge >= 0.3 is 0 Å². The van der Waals surface area contributed by atoms with Crippen LogP contribution in [0, 0.1) is 5.92 Å². The maximum atomic E-state index is 12.6. The zero-order valence-electron chi connectivity index (χ0n) is 13.3. The lowest BCUT2D eigenvalue weighted by Crippen LogP contribution is -2.43. The number of carbonyl (C=O) groups is 2. The molecule has 2 aromatic rings. The molecule has 5 heteroatoms. The molecule has 5 nitrogen and oxygen atoms in total. The number of phenols is 1. The van der Waals surface area contributed by atoms with E-state index in [0.29, 0.717) is 13.1 Å². The number of phenolic OH excluding ortho intramolecular Hbond substituents is 1. The molecule has 3 rings (SSSR count). The first-order chi connectivity index (χ1) is 11.6. The summed E-state index contributed by atoms with van der Waals surface area (Å²) in [4.78, 5) is 26.7. The van der Waals surface area contributed by atoms with Gasteiger partial charge in [0, 0.05) is 18.8 Å². The number of hydrogen-bond donors (Lipinski definition) is 2. The van der Waals surface area contributed by atoms with Crippen molar-refractivity contribution >= 4 is 17.5 Å². The molecule has 0 bridgehead atoms. The van der Waals surface area contributed by atoms with Gasteiger partial charge in [-0.05, 0) is 37.1 Å². The molecule has 0 aromatic heterocycles. The summed E-state index contributed by atoms with van der Waals surface area (Å²) in [5, 5.41) is 12.8. The number of para-hydroxylation sites is 2. The highest BCUT2D eigenvalue weighted by Gasteiger charge is 2.29. The van der Waals surface area contributed by atoms with E-state index in [2.05, 4.69) is 5.32 Å². The molecule has 1 fully saturated rings. The van der Waals surface area contributed by atoms with Crippen LogP contribution >= 0.6 is 0 Å². The van der Waals surface area contributed by atoms with Crippen molar-refractivity contribution < 1.29 is 14.7 Å². The maximum Gasteiger partial charge on any atom is 0.257 e. The third-order valence-corrected chi connectivity index (χ3v) is 4.26. The summed E-state index contributed by atoms with van der Waals surface area (Å²) in [6.07, 6.45) is 1.52. The Labute approximate surface area is 140 Å². The second-order valence-corrected chi connectivity index (χ2v) is 5.96. The van der Waals surface area contributed by atoms with Crippen LogP contribution in [0.4, 0.5) is 5.69 Å². The summed E-state index contributed by atoms with van der Waals surface area (Å²) in [5.74, 6) is -0.576. The van der Waals surface area contributed by atoms with E-state index < -0.39 is 0 Å². The number of piperidine rings is 1. The highest BCUT2D eigenvalue weighted by molar-refractivity contribution is 5.98. The second kappa shape index (κ2) is 7.17. The average molecular weight is 324 g/mol. The van der Waals surface area contributed by atoms with Crippen LogP contribution in [0.15, 0.2) is 54.6 Å². The van der Waals surface area contributed by atoms with Gasteiger partial charge in [-0.15, -0.1) is 0 Å². The predicted molar refractivity (Wildman–Crippen MR) is 91.8 cm³/mol. The number of benzene rings is 2. The van der Waals surface area contributed by atoms with Gasteiger partial charge in [-0.25, -0.2) is 0 Å². The molecule has 1 aliphatic heterocycles. The number of aromatic hydroxyl groups is 1. The quantitative estimate of drug-likeness (QED) is 0.912. The van der Waals surface area contributed by atoms with Crippen LogP contribution in [-0.4, -0.2) is 34.9 Å². The van der Waals surface area contributed by atoms with Gasteiger partial charge in [0.2, 0.25) is 5.91 Å². The first-order valence-corrected chi connectivity index (χ1v) is 8.08. The van der Waals surface area contributed by atoms with Crippen molar-refractivity contribution in [1.29, 1.82) is 0 Å². The second-order valence-electron chi connectivity index (χ2n) is 5.96. The molecular weight excluding hydrogens is 304 g/mol. The van der Waals surface area contributed by atoms with Crippen molar-refractivity contribution in [3.63, 3.8) is 0 Å². The normalized spacial score (nSPS) is 17.3. The summed E-state index contributed by atoms with van der Waals surface area (Å²) in [6.45, 7) is 0.966. The molecule has 1 saturated heterocycles. The fourth-order valence-corrected chi connectivity index (χ4v) is 2.97. The minimum atomic E-state index is -0.242. The first kappa shape index (κ1) is 16.1. The number of carbonyl (C=O) groups excluding carboxylic acids is 2. The fourth-order valence-electron chi connectivity index (χ4n) is 2.97. The topological polar surface area (TPSA) is 69.6 Å². The largest absolute Gasteiger partial charge is 0.507 e. The van der Waals surface area contributed by atoms with Gasteiger partial charge in [0.25, 0.3) is 5.91 Å². The molecule has 1 atom stereocenters. The van der Waals surface area contributed by atoms with Crippen LogP contribution in [0.5, 0.6) is 5.75 Å². The molecule has 2 amide bonds. The number of nitrogens with zero attached hydrogens (tertiary/aromatic N) is 1. The Hall–Kier alpha value is -2.82. The molecule has 0 saturated carbocycles. The van der Waals surface area contributed by atoms with E-state index in [-0.39, 0.29) is 29.0 Å². The number of nitrogens with one attached hydrogen (secondary N) is 1. The Balaban J connectivity index is 1.67. The summed E-state index contributed by atoms with van der Waals surface area (Å²) >= 11 is 0. The molecule has 1 unspecified atom stereocenters. The Morgan fingerprint density at radius 1 is 1.04 bits per heavy atom. The average Bonchev–Trinajstić information content (AvgIpc) is 2.62. The Kier molecular flexibility index (Phi) is 4.79. The van der Waals surface area contributed by atoms with Gasteiger partial charge in [-0.3, -0.25) is 9.59 Å². The molecule has 0 spiro atoms. The third-order valence-electron chi connectivity index (χ3n) is 4.26. The summed E-state index contributed by atoms with van der Waals surface area (Å²) in [7, 11) is 0. The minimum Gasteiger partial charge on any atom is -0.507 e. The highest BCUT2D eigenvalue weighted by atomic mass is 16.3. The molecule has 0 aliphatic carbocycles. The highest BCUT2D eigenvalue weighted by Crippen LogP contribution is 2.23. The molecule has 0 radical (unpaired) electrons. The molecule has 2 aromatic carbocycles. The van der Waals surface area contributed by atoms with Gasteiger partial charge in [-0.1, -0.05) is 30.3 Å². The zero-order valence-corrected chi connectivity index (χ0v) is 13.3. The Morgan fingerprint density at radius 2 is 1.75 bits per heavy atom. The monoisotopic (exact) mass is 324 g/mol. The maximum absolute atomic E-state index is 12.6. The van der Waals surface area contributed by atoms with Crippen molar-refractivity contribution in [3.8, 4) is 5.75 Å². The molecule has 1 heterocycles. The van der Waals surface area contributed by atoms with E-state index >= 15 is 0 Å². The lowest BCUT2D eigenvalue weighted by Gasteiger charge is -2.32. The van der Waals surface area contributed by atoms with Crippen LogP contribution in [0.3, 0.4) is 0 Å². The van der Waals surface area contributed by atoms with Crippen molar-refractivity contribution in [2.45, 2.75) is 12.8 Å². The molecular formula is C19H20N2O3. The Bertz CT molecular complexity index is 730. The lowest BCUT2D eigenvalue weighted by molar-refractivity contribution is -0.121. The number of anilines is 1. The number of hydrogen-bond acceptors (Lipinski definition) is 3. The van der Waals surface area contributed by atoms with Crippen LogP contribution in [0.25, 0.3) is 0 Å².